The summed E-state index contributed by atoms with van der Waals surface area (Å²) < 4.78 is 2.80. The number of nitrogens with zero attached hydrogens (tertiary/aromatic N) is 5. The highest BCUT2D eigenvalue weighted by Gasteiger charge is 2.20. The Morgan fingerprint density at radius 1 is 1.21 bits per heavy atom. The minimum Gasteiger partial charge on any atom is -0.350 e. The number of benzene rings is 1. The van der Waals surface area contributed by atoms with E-state index >= 15 is 0 Å². The van der Waals surface area contributed by atoms with Crippen LogP contribution < -0.4 is 10.9 Å². The third kappa shape index (κ3) is 4.49. The summed E-state index contributed by atoms with van der Waals surface area (Å²) in [7, 11) is 0. The number of rotatable bonds is 6. The van der Waals surface area contributed by atoms with Crippen LogP contribution in [0.4, 0.5) is 5.69 Å². The summed E-state index contributed by atoms with van der Waals surface area (Å²) in [5.41, 5.74) is 0.824. The van der Waals surface area contributed by atoms with Crippen LogP contribution in [0.25, 0.3) is 5.82 Å². The molecule has 29 heavy (non-hydrogen) atoms. The van der Waals surface area contributed by atoms with Gasteiger partial charge in [0.1, 0.15) is 5.56 Å². The molecule has 2 aromatic heterocycles. The molecule has 1 N–H and O–H groups in total. The number of hydrogen-bond acceptors (Lipinski definition) is 6. The largest absolute Gasteiger partial charge is 0.350 e. The second-order valence-electron chi connectivity index (χ2n) is 6.27. The van der Waals surface area contributed by atoms with Gasteiger partial charge < -0.3 is 5.32 Å². The molecule has 1 amide bonds. The number of nitro groups is 1. The van der Waals surface area contributed by atoms with Crippen molar-refractivity contribution in [1.82, 2.24) is 24.9 Å². The first kappa shape index (κ1) is 20.2. The van der Waals surface area contributed by atoms with Crippen LogP contribution in [0.2, 0.25) is 5.02 Å². The van der Waals surface area contributed by atoms with Crippen molar-refractivity contribution in [1.29, 1.82) is 0 Å². The fraction of sp³-hybridized carbons (Fsp3) is 0.222. The van der Waals surface area contributed by atoms with Gasteiger partial charge in [-0.3, -0.25) is 19.7 Å². The number of nitro benzene ring substituents is 1. The van der Waals surface area contributed by atoms with Crippen molar-refractivity contribution in [2.45, 2.75) is 20.4 Å². The van der Waals surface area contributed by atoms with Gasteiger partial charge in [-0.1, -0.05) is 11.6 Å². The summed E-state index contributed by atoms with van der Waals surface area (Å²) in [5.74, 6) is -0.200. The van der Waals surface area contributed by atoms with Gasteiger partial charge in [0, 0.05) is 29.4 Å². The lowest BCUT2D eigenvalue weighted by molar-refractivity contribution is -0.385. The van der Waals surface area contributed by atoms with Crippen LogP contribution in [-0.4, -0.2) is 36.9 Å². The minimum atomic E-state index is -0.665. The van der Waals surface area contributed by atoms with E-state index < -0.39 is 10.8 Å². The van der Waals surface area contributed by atoms with E-state index in [1.807, 2.05) is 19.9 Å². The molecule has 0 fully saturated rings. The van der Waals surface area contributed by atoms with Crippen LogP contribution >= 0.6 is 11.6 Å². The van der Waals surface area contributed by atoms with Crippen molar-refractivity contribution in [2.24, 2.45) is 0 Å². The number of aryl methyl sites for hydroxylation is 2. The SMILES string of the molecule is Cc1cc(C)n(-c2ccc(=O)n(CCNC(=O)c3cc(Cl)ccc3[N+](=O)[O-])n2)n1. The third-order valence-electron chi connectivity index (χ3n) is 4.09. The van der Waals surface area contributed by atoms with E-state index in [-0.39, 0.29) is 34.9 Å². The fourth-order valence-electron chi connectivity index (χ4n) is 2.79. The van der Waals surface area contributed by atoms with Crippen LogP contribution in [-0.2, 0) is 6.54 Å². The third-order valence-corrected chi connectivity index (χ3v) is 4.32. The van der Waals surface area contributed by atoms with Gasteiger partial charge in [0.25, 0.3) is 17.2 Å². The molecular weight excluding hydrogens is 400 g/mol. The molecule has 0 saturated heterocycles. The first-order chi connectivity index (χ1) is 13.8. The van der Waals surface area contributed by atoms with Crippen LogP contribution in [0.5, 0.6) is 0 Å². The highest BCUT2D eigenvalue weighted by atomic mass is 35.5. The lowest BCUT2D eigenvalue weighted by Gasteiger charge is -2.09. The zero-order valence-electron chi connectivity index (χ0n) is 15.6. The number of carbonyl (C=O) groups excluding carboxylic acids is 1. The monoisotopic (exact) mass is 416 g/mol. The fourth-order valence-corrected chi connectivity index (χ4v) is 2.96. The molecule has 10 nitrogen and oxygen atoms in total. The van der Waals surface area contributed by atoms with E-state index in [9.17, 15) is 19.7 Å². The summed E-state index contributed by atoms with van der Waals surface area (Å²) >= 11 is 5.84. The lowest BCUT2D eigenvalue weighted by atomic mass is 10.1. The molecule has 0 aliphatic heterocycles. The molecular formula is C18H17ClN6O4. The van der Waals surface area contributed by atoms with Crippen LogP contribution in [0.15, 0.2) is 41.2 Å². The average molecular weight is 417 g/mol. The average Bonchev–Trinajstić information content (AvgIpc) is 3.01. The molecule has 0 aliphatic carbocycles. The Bertz CT molecular complexity index is 1150. The Balaban J connectivity index is 1.74. The number of halogens is 1. The van der Waals surface area contributed by atoms with E-state index in [4.69, 9.17) is 11.6 Å². The van der Waals surface area contributed by atoms with Crippen molar-refractivity contribution < 1.29 is 9.72 Å². The molecule has 3 aromatic rings. The van der Waals surface area contributed by atoms with Crippen molar-refractivity contribution in [3.05, 3.63) is 78.8 Å². The second kappa shape index (κ2) is 8.23. The quantitative estimate of drug-likeness (QED) is 0.484. The molecule has 0 aliphatic rings. The molecule has 0 unspecified atom stereocenters. The van der Waals surface area contributed by atoms with Crippen molar-refractivity contribution in [2.75, 3.05) is 6.54 Å². The van der Waals surface area contributed by atoms with E-state index in [1.165, 1.54) is 28.9 Å². The molecule has 2 heterocycles. The van der Waals surface area contributed by atoms with E-state index in [0.29, 0.717) is 5.82 Å². The van der Waals surface area contributed by atoms with Gasteiger partial charge in [-0.15, -0.1) is 5.10 Å². The predicted molar refractivity (Wildman–Crippen MR) is 106 cm³/mol. The van der Waals surface area contributed by atoms with Gasteiger partial charge in [0.15, 0.2) is 5.82 Å². The maximum atomic E-state index is 12.3. The number of amides is 1. The molecule has 0 saturated carbocycles. The molecule has 0 spiro atoms. The van der Waals surface area contributed by atoms with Crippen LogP contribution in [0.1, 0.15) is 21.7 Å². The topological polar surface area (TPSA) is 125 Å². The van der Waals surface area contributed by atoms with Gasteiger partial charge in [-0.25, -0.2) is 9.36 Å². The van der Waals surface area contributed by atoms with Crippen molar-refractivity contribution in [3.63, 3.8) is 0 Å². The normalized spacial score (nSPS) is 10.7. The zero-order chi connectivity index (χ0) is 21.1. The maximum Gasteiger partial charge on any atom is 0.282 e. The van der Waals surface area contributed by atoms with E-state index in [1.54, 1.807) is 10.7 Å². The van der Waals surface area contributed by atoms with Gasteiger partial charge in [-0.05, 0) is 38.1 Å². The summed E-state index contributed by atoms with van der Waals surface area (Å²) in [6.07, 6.45) is 0. The molecule has 1 aromatic carbocycles. The summed E-state index contributed by atoms with van der Waals surface area (Å²) in [5, 5.41) is 22.4. The summed E-state index contributed by atoms with van der Waals surface area (Å²) in [4.78, 5) is 34.9. The van der Waals surface area contributed by atoms with E-state index in [0.717, 1.165) is 11.4 Å². The number of nitrogens with one attached hydrogen (secondary N) is 1. The lowest BCUT2D eigenvalue weighted by Crippen LogP contribution is -2.32. The highest BCUT2D eigenvalue weighted by Crippen LogP contribution is 2.22. The molecule has 3 rings (SSSR count). The minimum absolute atomic E-state index is 0.0377. The first-order valence-corrected chi connectivity index (χ1v) is 8.98. The Kier molecular flexibility index (Phi) is 5.74. The van der Waals surface area contributed by atoms with Crippen molar-refractivity contribution >= 4 is 23.2 Å². The number of hydrogen-bond donors (Lipinski definition) is 1. The molecule has 150 valence electrons. The number of carbonyl (C=O) groups is 1. The zero-order valence-corrected chi connectivity index (χ0v) is 16.4. The van der Waals surface area contributed by atoms with Gasteiger partial charge >= 0.3 is 0 Å². The van der Waals surface area contributed by atoms with Gasteiger partial charge in [0.05, 0.1) is 17.2 Å². The predicted octanol–water partition coefficient (Wildman–Crippen LogP) is 2.04. The Hall–Kier alpha value is -3.53. The Labute approximate surface area is 169 Å². The standard InChI is InChI=1S/C18H17ClN6O4/c1-11-9-12(2)24(21-11)16-5-6-17(26)23(22-16)8-7-20-18(27)14-10-13(19)3-4-15(14)25(28)29/h3-6,9-10H,7-8H2,1-2H3,(H,20,27). The van der Waals surface area contributed by atoms with E-state index in [2.05, 4.69) is 15.5 Å². The maximum absolute atomic E-state index is 12.3. The van der Waals surface area contributed by atoms with Crippen molar-refractivity contribution in [3.8, 4) is 5.82 Å². The Morgan fingerprint density at radius 2 is 1.97 bits per heavy atom. The summed E-state index contributed by atoms with van der Waals surface area (Å²) in [6.45, 7) is 3.83. The van der Waals surface area contributed by atoms with Crippen LogP contribution in [0, 0.1) is 24.0 Å². The van der Waals surface area contributed by atoms with Gasteiger partial charge in [-0.2, -0.15) is 5.10 Å². The molecule has 0 bridgehead atoms. The number of aromatic nitrogens is 4. The molecule has 0 atom stereocenters. The van der Waals surface area contributed by atoms with Gasteiger partial charge in [0.2, 0.25) is 0 Å². The second-order valence-corrected chi connectivity index (χ2v) is 6.70. The Morgan fingerprint density at radius 3 is 2.62 bits per heavy atom. The first-order valence-electron chi connectivity index (χ1n) is 8.60. The summed E-state index contributed by atoms with van der Waals surface area (Å²) in [6, 6.07) is 8.54. The smallest absolute Gasteiger partial charge is 0.282 e. The highest BCUT2D eigenvalue weighted by molar-refractivity contribution is 6.31. The molecule has 11 heteroatoms. The van der Waals surface area contributed by atoms with Crippen LogP contribution in [0.3, 0.4) is 0 Å². The molecule has 0 radical (unpaired) electrons.